The van der Waals surface area contributed by atoms with Crippen molar-refractivity contribution >= 4 is 0 Å². The van der Waals surface area contributed by atoms with Crippen LogP contribution in [0.2, 0.25) is 0 Å². The molecule has 0 amide bonds. The highest BCUT2D eigenvalue weighted by atomic mass is 15.1. The van der Waals surface area contributed by atoms with Gasteiger partial charge in [0, 0.05) is 19.2 Å². The molecule has 25 heavy (non-hydrogen) atoms. The zero-order chi connectivity index (χ0) is 17.7. The molecule has 2 heteroatoms. The second kappa shape index (κ2) is 11.9. The van der Waals surface area contributed by atoms with Crippen molar-refractivity contribution in [2.24, 2.45) is 0 Å². The summed E-state index contributed by atoms with van der Waals surface area (Å²) in [6.07, 6.45) is 16.2. The standard InChI is InChI=1S/C23H36N2/c1-3-5-6-7-8-12-18-23-24-22(20-25(23)19-4-2)17-13-16-21-14-10-9-11-15-21/h9-11,14-15,20H,3-8,12-13,16-19H2,1-2H3. The van der Waals surface area contributed by atoms with Gasteiger partial charge in [0.1, 0.15) is 5.82 Å². The number of imidazole rings is 1. The Morgan fingerprint density at radius 2 is 1.52 bits per heavy atom. The van der Waals surface area contributed by atoms with E-state index in [9.17, 15) is 0 Å². The van der Waals surface area contributed by atoms with Gasteiger partial charge in [-0.1, -0.05) is 76.3 Å². The van der Waals surface area contributed by atoms with Crippen molar-refractivity contribution in [1.29, 1.82) is 0 Å². The highest BCUT2D eigenvalue weighted by molar-refractivity contribution is 5.15. The van der Waals surface area contributed by atoms with E-state index in [0.29, 0.717) is 0 Å². The Bertz CT molecular complexity index is 571. The molecule has 0 bridgehead atoms. The largest absolute Gasteiger partial charge is 0.335 e. The Kier molecular flexibility index (Phi) is 9.40. The van der Waals surface area contributed by atoms with Gasteiger partial charge < -0.3 is 4.57 Å². The van der Waals surface area contributed by atoms with Crippen molar-refractivity contribution in [3.05, 3.63) is 53.6 Å². The second-order valence-corrected chi connectivity index (χ2v) is 7.20. The van der Waals surface area contributed by atoms with Crippen LogP contribution in [-0.2, 0) is 25.8 Å². The SMILES string of the molecule is CCCCCCCCc1nc(CCCc2ccccc2)cn1CCC. The van der Waals surface area contributed by atoms with Crippen LogP contribution in [0.15, 0.2) is 36.5 Å². The molecule has 0 N–H and O–H groups in total. The number of benzene rings is 1. The molecule has 0 saturated heterocycles. The van der Waals surface area contributed by atoms with Gasteiger partial charge in [-0.3, -0.25) is 0 Å². The highest BCUT2D eigenvalue weighted by Crippen LogP contribution is 2.13. The van der Waals surface area contributed by atoms with Crippen LogP contribution in [0.3, 0.4) is 0 Å². The Morgan fingerprint density at radius 1 is 0.760 bits per heavy atom. The Morgan fingerprint density at radius 3 is 2.28 bits per heavy atom. The van der Waals surface area contributed by atoms with E-state index < -0.39 is 0 Å². The molecular weight excluding hydrogens is 304 g/mol. The van der Waals surface area contributed by atoms with Crippen LogP contribution < -0.4 is 0 Å². The van der Waals surface area contributed by atoms with Crippen molar-refractivity contribution in [3.63, 3.8) is 0 Å². The normalized spacial score (nSPS) is 11.1. The minimum absolute atomic E-state index is 1.09. The molecular formula is C23H36N2. The summed E-state index contributed by atoms with van der Waals surface area (Å²) in [5.74, 6) is 1.31. The van der Waals surface area contributed by atoms with Crippen molar-refractivity contribution in [1.82, 2.24) is 9.55 Å². The summed E-state index contributed by atoms with van der Waals surface area (Å²) < 4.78 is 2.41. The summed E-state index contributed by atoms with van der Waals surface area (Å²) in [6, 6.07) is 10.8. The van der Waals surface area contributed by atoms with Crippen molar-refractivity contribution in [2.75, 3.05) is 0 Å². The van der Waals surface area contributed by atoms with Gasteiger partial charge in [-0.05, 0) is 37.7 Å². The smallest absolute Gasteiger partial charge is 0.108 e. The fraction of sp³-hybridized carbons (Fsp3) is 0.609. The summed E-state index contributed by atoms with van der Waals surface area (Å²) >= 11 is 0. The predicted octanol–water partition coefficient (Wildman–Crippen LogP) is 6.37. The number of rotatable bonds is 13. The molecule has 0 unspecified atom stereocenters. The predicted molar refractivity (Wildman–Crippen MR) is 108 cm³/mol. The van der Waals surface area contributed by atoms with E-state index in [1.807, 2.05) is 0 Å². The zero-order valence-corrected chi connectivity index (χ0v) is 16.3. The molecule has 0 aliphatic rings. The van der Waals surface area contributed by atoms with E-state index >= 15 is 0 Å². The molecule has 0 atom stereocenters. The molecule has 0 spiro atoms. The van der Waals surface area contributed by atoms with Crippen LogP contribution in [0.1, 0.15) is 82.3 Å². The average Bonchev–Trinajstić information content (AvgIpc) is 3.01. The van der Waals surface area contributed by atoms with Gasteiger partial charge in [0.15, 0.2) is 0 Å². The maximum Gasteiger partial charge on any atom is 0.108 e. The van der Waals surface area contributed by atoms with E-state index in [2.05, 4.69) is 54.9 Å². The Labute approximate surface area is 154 Å². The first kappa shape index (κ1) is 19.8. The topological polar surface area (TPSA) is 17.8 Å². The van der Waals surface area contributed by atoms with Crippen LogP contribution in [0, 0.1) is 0 Å². The van der Waals surface area contributed by atoms with Crippen LogP contribution in [0.25, 0.3) is 0 Å². The average molecular weight is 341 g/mol. The number of aryl methyl sites for hydroxylation is 4. The Hall–Kier alpha value is -1.57. The molecule has 2 rings (SSSR count). The van der Waals surface area contributed by atoms with Gasteiger partial charge in [-0.25, -0.2) is 4.98 Å². The van der Waals surface area contributed by atoms with Crippen molar-refractivity contribution < 1.29 is 0 Å². The Balaban J connectivity index is 1.78. The van der Waals surface area contributed by atoms with Crippen LogP contribution >= 0.6 is 0 Å². The summed E-state index contributed by atoms with van der Waals surface area (Å²) in [7, 11) is 0. The summed E-state index contributed by atoms with van der Waals surface area (Å²) in [5.41, 5.74) is 2.72. The zero-order valence-electron chi connectivity index (χ0n) is 16.3. The number of hydrogen-bond acceptors (Lipinski definition) is 1. The van der Waals surface area contributed by atoms with Crippen molar-refractivity contribution in [2.45, 2.75) is 91.0 Å². The second-order valence-electron chi connectivity index (χ2n) is 7.20. The monoisotopic (exact) mass is 340 g/mol. The van der Waals surface area contributed by atoms with Crippen LogP contribution in [-0.4, -0.2) is 9.55 Å². The third-order valence-corrected chi connectivity index (χ3v) is 4.87. The van der Waals surface area contributed by atoms with Crippen LogP contribution in [0.4, 0.5) is 0 Å². The number of nitrogens with zero attached hydrogens (tertiary/aromatic N) is 2. The van der Waals surface area contributed by atoms with E-state index in [-0.39, 0.29) is 0 Å². The van der Waals surface area contributed by atoms with Gasteiger partial charge in [0.2, 0.25) is 0 Å². The molecule has 2 nitrogen and oxygen atoms in total. The molecule has 138 valence electrons. The van der Waals surface area contributed by atoms with E-state index in [1.54, 1.807) is 0 Å². The van der Waals surface area contributed by atoms with Crippen LogP contribution in [0.5, 0.6) is 0 Å². The van der Waals surface area contributed by atoms with E-state index in [0.717, 1.165) is 25.8 Å². The first-order valence-electron chi connectivity index (χ1n) is 10.4. The van der Waals surface area contributed by atoms with Gasteiger partial charge in [0.05, 0.1) is 5.69 Å². The summed E-state index contributed by atoms with van der Waals surface area (Å²) in [6.45, 7) is 5.64. The fourth-order valence-electron chi connectivity index (χ4n) is 3.45. The van der Waals surface area contributed by atoms with Gasteiger partial charge in [0.25, 0.3) is 0 Å². The summed E-state index contributed by atoms with van der Waals surface area (Å²) in [4.78, 5) is 4.96. The first-order chi connectivity index (χ1) is 12.3. The fourth-order valence-corrected chi connectivity index (χ4v) is 3.45. The molecule has 0 fully saturated rings. The van der Waals surface area contributed by atoms with E-state index in [4.69, 9.17) is 4.98 Å². The maximum atomic E-state index is 4.96. The lowest BCUT2D eigenvalue weighted by Gasteiger charge is -2.05. The highest BCUT2D eigenvalue weighted by Gasteiger charge is 2.07. The maximum absolute atomic E-state index is 4.96. The lowest BCUT2D eigenvalue weighted by Crippen LogP contribution is -2.02. The van der Waals surface area contributed by atoms with E-state index in [1.165, 1.54) is 68.4 Å². The van der Waals surface area contributed by atoms with Gasteiger partial charge in [-0.15, -0.1) is 0 Å². The van der Waals surface area contributed by atoms with Gasteiger partial charge in [-0.2, -0.15) is 0 Å². The molecule has 1 aromatic heterocycles. The number of unbranched alkanes of at least 4 members (excludes halogenated alkanes) is 5. The minimum atomic E-state index is 1.09. The van der Waals surface area contributed by atoms with Gasteiger partial charge >= 0.3 is 0 Å². The molecule has 0 aliphatic heterocycles. The number of hydrogen-bond donors (Lipinski definition) is 0. The molecule has 2 aromatic rings. The minimum Gasteiger partial charge on any atom is -0.335 e. The molecule has 0 aliphatic carbocycles. The molecule has 0 saturated carbocycles. The van der Waals surface area contributed by atoms with Crippen molar-refractivity contribution in [3.8, 4) is 0 Å². The lowest BCUT2D eigenvalue weighted by atomic mass is 10.1. The number of aromatic nitrogens is 2. The molecule has 1 heterocycles. The lowest BCUT2D eigenvalue weighted by molar-refractivity contribution is 0.578. The first-order valence-corrected chi connectivity index (χ1v) is 10.4. The summed E-state index contributed by atoms with van der Waals surface area (Å²) in [5, 5.41) is 0. The third-order valence-electron chi connectivity index (χ3n) is 4.87. The third kappa shape index (κ3) is 7.46. The quantitative estimate of drug-likeness (QED) is 0.387. The molecule has 1 aromatic carbocycles. The molecule has 0 radical (unpaired) electrons.